The molecule has 0 atom stereocenters. The monoisotopic (exact) mass is 309 g/mol. The lowest BCUT2D eigenvalue weighted by molar-refractivity contribution is 0.102. The second-order valence-corrected chi connectivity index (χ2v) is 5.06. The van der Waals surface area contributed by atoms with Crippen LogP contribution in [0.1, 0.15) is 29.4 Å². The van der Waals surface area contributed by atoms with Crippen molar-refractivity contribution in [2.45, 2.75) is 19.8 Å². The first-order valence-corrected chi connectivity index (χ1v) is 6.93. The van der Waals surface area contributed by atoms with Gasteiger partial charge in [0.15, 0.2) is 0 Å². The summed E-state index contributed by atoms with van der Waals surface area (Å²) in [5.41, 5.74) is 1.26. The van der Waals surface area contributed by atoms with Gasteiger partial charge >= 0.3 is 0 Å². The van der Waals surface area contributed by atoms with Crippen LogP contribution in [0.15, 0.2) is 30.5 Å². The highest BCUT2D eigenvalue weighted by Gasteiger charge is 2.10. The summed E-state index contributed by atoms with van der Waals surface area (Å²) in [7, 11) is 0. The Morgan fingerprint density at radius 3 is 2.75 bits per heavy atom. The average Bonchev–Trinajstić information content (AvgIpc) is 2.41. The van der Waals surface area contributed by atoms with E-state index in [0.717, 1.165) is 18.5 Å². The molecular weight excluding hydrogens is 297 g/mol. The molecule has 2 aromatic heterocycles. The summed E-state index contributed by atoms with van der Waals surface area (Å²) in [6.07, 6.45) is 3.19. The Bertz CT molecular complexity index is 614. The van der Waals surface area contributed by atoms with E-state index in [2.05, 4.69) is 15.3 Å². The van der Waals surface area contributed by atoms with Gasteiger partial charge in [-0.1, -0.05) is 36.5 Å². The van der Waals surface area contributed by atoms with E-state index in [1.54, 1.807) is 18.2 Å². The van der Waals surface area contributed by atoms with E-state index in [1.807, 2.05) is 6.92 Å². The van der Waals surface area contributed by atoms with Gasteiger partial charge in [0, 0.05) is 17.5 Å². The maximum Gasteiger partial charge on any atom is 0.256 e. The fraction of sp³-hybridized carbons (Fsp3) is 0.214. The van der Waals surface area contributed by atoms with Crippen molar-refractivity contribution in [3.63, 3.8) is 0 Å². The number of carbonyl (C=O) groups excluding carboxylic acids is 1. The summed E-state index contributed by atoms with van der Waals surface area (Å²) in [6, 6.07) is 6.56. The third-order valence-corrected chi connectivity index (χ3v) is 3.00. The molecule has 2 aromatic rings. The van der Waals surface area contributed by atoms with Crippen LogP contribution >= 0.6 is 23.2 Å². The Morgan fingerprint density at radius 2 is 2.10 bits per heavy atom. The zero-order valence-corrected chi connectivity index (χ0v) is 12.4. The number of pyridine rings is 2. The molecule has 0 aromatic carbocycles. The van der Waals surface area contributed by atoms with Gasteiger partial charge in [-0.2, -0.15) is 0 Å². The van der Waals surface area contributed by atoms with Gasteiger partial charge in [-0.15, -0.1) is 0 Å². The number of rotatable bonds is 4. The number of carbonyl (C=O) groups is 1. The van der Waals surface area contributed by atoms with Gasteiger partial charge in [0.25, 0.3) is 5.91 Å². The van der Waals surface area contributed by atoms with Crippen LogP contribution in [0.25, 0.3) is 0 Å². The molecule has 0 aliphatic carbocycles. The van der Waals surface area contributed by atoms with Crippen molar-refractivity contribution in [2.75, 3.05) is 5.32 Å². The van der Waals surface area contributed by atoms with Gasteiger partial charge < -0.3 is 5.32 Å². The molecule has 1 N–H and O–H groups in total. The first-order valence-electron chi connectivity index (χ1n) is 6.18. The maximum atomic E-state index is 12.1. The molecule has 0 bridgehead atoms. The van der Waals surface area contributed by atoms with E-state index in [-0.39, 0.29) is 5.91 Å². The maximum absolute atomic E-state index is 12.1. The van der Waals surface area contributed by atoms with Crippen molar-refractivity contribution in [3.05, 3.63) is 51.9 Å². The van der Waals surface area contributed by atoms with Gasteiger partial charge in [0.1, 0.15) is 11.0 Å². The molecule has 0 spiro atoms. The van der Waals surface area contributed by atoms with E-state index in [0.29, 0.717) is 21.6 Å². The van der Waals surface area contributed by atoms with Gasteiger partial charge in [-0.3, -0.25) is 4.79 Å². The Balaban J connectivity index is 2.18. The normalized spacial score (nSPS) is 10.3. The first kappa shape index (κ1) is 14.8. The number of hydrogen-bond acceptors (Lipinski definition) is 3. The molecule has 104 valence electrons. The van der Waals surface area contributed by atoms with Gasteiger partial charge in [0.05, 0.1) is 5.02 Å². The minimum absolute atomic E-state index is 0.276. The molecule has 0 saturated heterocycles. The summed E-state index contributed by atoms with van der Waals surface area (Å²) in [6.45, 7) is 2.04. The van der Waals surface area contributed by atoms with Crippen molar-refractivity contribution in [1.29, 1.82) is 0 Å². The molecule has 0 aliphatic heterocycles. The topological polar surface area (TPSA) is 54.9 Å². The zero-order chi connectivity index (χ0) is 14.5. The standard InChI is InChI=1S/C14H13Cl2N3O/c1-2-3-11-6-9(7-12(16)18-11)14(20)19-13-5-4-10(15)8-17-13/h4-8H,2-3H2,1H3,(H,17,19,20). The fourth-order valence-electron chi connectivity index (χ4n) is 1.70. The number of anilines is 1. The molecule has 0 radical (unpaired) electrons. The van der Waals surface area contributed by atoms with E-state index in [4.69, 9.17) is 23.2 Å². The van der Waals surface area contributed by atoms with E-state index in [1.165, 1.54) is 12.3 Å². The fourth-order valence-corrected chi connectivity index (χ4v) is 2.04. The largest absolute Gasteiger partial charge is 0.307 e. The highest BCUT2D eigenvalue weighted by Crippen LogP contribution is 2.15. The first-order chi connectivity index (χ1) is 9.58. The number of nitrogens with zero attached hydrogens (tertiary/aromatic N) is 2. The van der Waals surface area contributed by atoms with E-state index in [9.17, 15) is 4.79 Å². The van der Waals surface area contributed by atoms with Crippen molar-refractivity contribution < 1.29 is 4.79 Å². The van der Waals surface area contributed by atoms with Gasteiger partial charge in [0.2, 0.25) is 0 Å². The van der Waals surface area contributed by atoms with Crippen LogP contribution in [0.4, 0.5) is 5.82 Å². The van der Waals surface area contributed by atoms with Crippen molar-refractivity contribution >= 4 is 34.9 Å². The third kappa shape index (κ3) is 3.92. The summed E-state index contributed by atoms with van der Waals surface area (Å²) in [5, 5.41) is 3.51. The van der Waals surface area contributed by atoms with Gasteiger partial charge in [-0.25, -0.2) is 9.97 Å². The van der Waals surface area contributed by atoms with E-state index < -0.39 is 0 Å². The zero-order valence-electron chi connectivity index (χ0n) is 10.9. The van der Waals surface area contributed by atoms with E-state index >= 15 is 0 Å². The van der Waals surface area contributed by atoms with Crippen molar-refractivity contribution in [2.24, 2.45) is 0 Å². The number of hydrogen-bond donors (Lipinski definition) is 1. The highest BCUT2D eigenvalue weighted by atomic mass is 35.5. The average molecular weight is 310 g/mol. The molecule has 0 fully saturated rings. The molecule has 2 rings (SSSR count). The number of aromatic nitrogens is 2. The number of halogens is 2. The molecule has 6 heteroatoms. The van der Waals surface area contributed by atoms with Gasteiger partial charge in [-0.05, 0) is 30.7 Å². The quantitative estimate of drug-likeness (QED) is 0.869. The number of aryl methyl sites for hydroxylation is 1. The summed E-state index contributed by atoms with van der Waals surface area (Å²) >= 11 is 11.7. The van der Waals surface area contributed by atoms with Crippen molar-refractivity contribution in [1.82, 2.24) is 9.97 Å². The Hall–Kier alpha value is -1.65. The van der Waals surface area contributed by atoms with Crippen LogP contribution in [-0.4, -0.2) is 15.9 Å². The molecular formula is C14H13Cl2N3O. The second kappa shape index (κ2) is 6.68. The lowest BCUT2D eigenvalue weighted by atomic mass is 10.1. The Morgan fingerprint density at radius 1 is 1.30 bits per heavy atom. The molecule has 20 heavy (non-hydrogen) atoms. The van der Waals surface area contributed by atoms with Crippen LogP contribution in [0.3, 0.4) is 0 Å². The SMILES string of the molecule is CCCc1cc(C(=O)Nc2ccc(Cl)cn2)cc(Cl)n1. The summed E-state index contributed by atoms with van der Waals surface area (Å²) in [4.78, 5) is 20.3. The van der Waals surface area contributed by atoms with Crippen LogP contribution in [-0.2, 0) is 6.42 Å². The number of amides is 1. The van der Waals surface area contributed by atoms with Crippen molar-refractivity contribution in [3.8, 4) is 0 Å². The molecule has 0 saturated carbocycles. The summed E-state index contributed by atoms with van der Waals surface area (Å²) < 4.78 is 0. The Kier molecular flexibility index (Phi) is 4.93. The predicted molar refractivity (Wildman–Crippen MR) is 80.4 cm³/mol. The summed E-state index contributed by atoms with van der Waals surface area (Å²) in [5.74, 6) is 0.158. The Labute approximate surface area is 127 Å². The lowest BCUT2D eigenvalue weighted by Gasteiger charge is -2.06. The smallest absolute Gasteiger partial charge is 0.256 e. The molecule has 0 unspecified atom stereocenters. The molecule has 4 nitrogen and oxygen atoms in total. The lowest BCUT2D eigenvalue weighted by Crippen LogP contribution is -2.13. The van der Waals surface area contributed by atoms with Crippen LogP contribution in [0.2, 0.25) is 10.2 Å². The number of nitrogens with one attached hydrogen (secondary N) is 1. The molecule has 1 amide bonds. The molecule has 0 aliphatic rings. The minimum Gasteiger partial charge on any atom is -0.307 e. The minimum atomic E-state index is -0.276. The highest BCUT2D eigenvalue weighted by molar-refractivity contribution is 6.30. The third-order valence-electron chi connectivity index (χ3n) is 2.58. The van der Waals surface area contributed by atoms with Crippen LogP contribution in [0.5, 0.6) is 0 Å². The van der Waals surface area contributed by atoms with Crippen LogP contribution in [0, 0.1) is 0 Å². The second-order valence-electron chi connectivity index (χ2n) is 4.24. The van der Waals surface area contributed by atoms with Crippen LogP contribution < -0.4 is 5.32 Å². The molecule has 2 heterocycles. The predicted octanol–water partition coefficient (Wildman–Crippen LogP) is 3.99.